The number of nitrogens with one attached hydrogen (secondary N) is 1. The van der Waals surface area contributed by atoms with E-state index in [-0.39, 0.29) is 0 Å². The molecule has 0 fully saturated rings. The number of nitrogens with zero attached hydrogens (tertiary/aromatic N) is 2. The molecule has 0 bridgehead atoms. The Bertz CT molecular complexity index is 334. The van der Waals surface area contributed by atoms with Crippen molar-refractivity contribution in [1.82, 2.24) is 10.3 Å². The first-order valence-electron chi connectivity index (χ1n) is 5.66. The van der Waals surface area contributed by atoms with Crippen LogP contribution >= 0.6 is 0 Å². The van der Waals surface area contributed by atoms with Crippen LogP contribution in [0, 0.1) is 0 Å². The van der Waals surface area contributed by atoms with Gasteiger partial charge in [0.1, 0.15) is 0 Å². The summed E-state index contributed by atoms with van der Waals surface area (Å²) in [4.78, 5) is 6.62. The monoisotopic (exact) mass is 219 g/mol. The number of hydrogen-bond donors (Lipinski definition) is 1. The highest BCUT2D eigenvalue weighted by molar-refractivity contribution is 5.47. The van der Waals surface area contributed by atoms with Crippen LogP contribution in [0.5, 0.6) is 0 Å². The van der Waals surface area contributed by atoms with E-state index < -0.39 is 0 Å². The van der Waals surface area contributed by atoms with Gasteiger partial charge in [0, 0.05) is 31.0 Å². The van der Waals surface area contributed by atoms with Crippen LogP contribution in [0.1, 0.15) is 19.5 Å². The average Bonchev–Trinajstić information content (AvgIpc) is 2.26. The Kier molecular flexibility index (Phi) is 4.99. The molecule has 0 amide bonds. The molecule has 3 heteroatoms. The summed E-state index contributed by atoms with van der Waals surface area (Å²) >= 11 is 0. The summed E-state index contributed by atoms with van der Waals surface area (Å²) in [6.07, 6.45) is 3.79. The zero-order valence-corrected chi connectivity index (χ0v) is 10.4. The topological polar surface area (TPSA) is 28.2 Å². The Labute approximate surface area is 98.2 Å². The van der Waals surface area contributed by atoms with Crippen molar-refractivity contribution in [3.63, 3.8) is 0 Å². The fourth-order valence-electron chi connectivity index (χ4n) is 1.68. The van der Waals surface area contributed by atoms with E-state index >= 15 is 0 Å². The third-order valence-corrected chi connectivity index (χ3v) is 2.44. The molecule has 88 valence electrons. The zero-order valence-electron chi connectivity index (χ0n) is 10.4. The van der Waals surface area contributed by atoms with Gasteiger partial charge in [0.05, 0.1) is 5.69 Å². The van der Waals surface area contributed by atoms with Crippen molar-refractivity contribution in [3.8, 4) is 0 Å². The lowest BCUT2D eigenvalue weighted by molar-refractivity contribution is 0.719. The molecule has 1 heterocycles. The molecule has 0 aromatic carbocycles. The highest BCUT2D eigenvalue weighted by Crippen LogP contribution is 2.17. The first kappa shape index (κ1) is 12.7. The molecule has 1 rings (SSSR count). The Morgan fingerprint density at radius 3 is 2.88 bits per heavy atom. The van der Waals surface area contributed by atoms with Crippen LogP contribution in [0.4, 0.5) is 5.69 Å². The lowest BCUT2D eigenvalue weighted by Gasteiger charge is -2.27. The van der Waals surface area contributed by atoms with Crippen LogP contribution in [0.3, 0.4) is 0 Å². The number of pyridine rings is 1. The molecule has 3 nitrogen and oxygen atoms in total. The van der Waals surface area contributed by atoms with Gasteiger partial charge in [-0.3, -0.25) is 4.98 Å². The molecule has 0 aliphatic rings. The van der Waals surface area contributed by atoms with Crippen molar-refractivity contribution in [2.45, 2.75) is 26.4 Å². The summed E-state index contributed by atoms with van der Waals surface area (Å²) < 4.78 is 0. The maximum absolute atomic E-state index is 4.32. The van der Waals surface area contributed by atoms with Crippen molar-refractivity contribution >= 4 is 5.69 Å². The minimum absolute atomic E-state index is 0.461. The first-order valence-corrected chi connectivity index (χ1v) is 5.66. The van der Waals surface area contributed by atoms with Crippen LogP contribution in [-0.2, 0) is 6.54 Å². The summed E-state index contributed by atoms with van der Waals surface area (Å²) in [5.41, 5.74) is 2.27. The van der Waals surface area contributed by atoms with E-state index in [1.165, 1.54) is 5.69 Å². The average molecular weight is 219 g/mol. The molecule has 0 aliphatic carbocycles. The van der Waals surface area contributed by atoms with Gasteiger partial charge >= 0.3 is 0 Å². The number of rotatable bonds is 6. The van der Waals surface area contributed by atoms with Gasteiger partial charge in [0.25, 0.3) is 0 Å². The maximum Gasteiger partial charge on any atom is 0.0562 e. The van der Waals surface area contributed by atoms with E-state index in [1.54, 1.807) is 0 Å². The third kappa shape index (κ3) is 3.35. The van der Waals surface area contributed by atoms with E-state index in [1.807, 2.05) is 25.4 Å². The van der Waals surface area contributed by atoms with Gasteiger partial charge in [-0.1, -0.05) is 6.08 Å². The highest BCUT2D eigenvalue weighted by atomic mass is 15.1. The lowest BCUT2D eigenvalue weighted by atomic mass is 10.2. The lowest BCUT2D eigenvalue weighted by Crippen LogP contribution is -2.30. The molecule has 1 N–H and O–H groups in total. The van der Waals surface area contributed by atoms with Crippen molar-refractivity contribution < 1.29 is 0 Å². The van der Waals surface area contributed by atoms with Gasteiger partial charge in [-0.15, -0.1) is 6.58 Å². The fourth-order valence-corrected chi connectivity index (χ4v) is 1.68. The Hall–Kier alpha value is -1.35. The Morgan fingerprint density at radius 2 is 2.31 bits per heavy atom. The summed E-state index contributed by atoms with van der Waals surface area (Å²) in [6, 6.07) is 4.63. The molecule has 0 atom stereocenters. The molecule has 0 saturated carbocycles. The molecular weight excluding hydrogens is 198 g/mol. The van der Waals surface area contributed by atoms with Gasteiger partial charge in [-0.05, 0) is 33.0 Å². The van der Waals surface area contributed by atoms with E-state index in [4.69, 9.17) is 0 Å². The van der Waals surface area contributed by atoms with Crippen LogP contribution in [-0.4, -0.2) is 24.6 Å². The maximum atomic E-state index is 4.32. The van der Waals surface area contributed by atoms with E-state index in [2.05, 4.69) is 41.7 Å². The second-order valence-electron chi connectivity index (χ2n) is 4.07. The van der Waals surface area contributed by atoms with Crippen molar-refractivity contribution in [3.05, 3.63) is 36.7 Å². The molecular formula is C13H21N3. The predicted octanol–water partition coefficient (Wildman–Crippen LogP) is 2.20. The Morgan fingerprint density at radius 1 is 1.56 bits per heavy atom. The molecule has 1 aromatic heterocycles. The quantitative estimate of drug-likeness (QED) is 0.743. The predicted molar refractivity (Wildman–Crippen MR) is 69.7 cm³/mol. The molecule has 0 unspecified atom stereocenters. The van der Waals surface area contributed by atoms with Gasteiger partial charge in [0.2, 0.25) is 0 Å². The largest absolute Gasteiger partial charge is 0.365 e. The van der Waals surface area contributed by atoms with E-state index in [9.17, 15) is 0 Å². The highest BCUT2D eigenvalue weighted by Gasteiger charge is 2.09. The minimum atomic E-state index is 0.461. The van der Waals surface area contributed by atoms with Crippen LogP contribution in [0.2, 0.25) is 0 Å². The minimum Gasteiger partial charge on any atom is -0.365 e. The zero-order chi connectivity index (χ0) is 12.0. The number of hydrogen-bond acceptors (Lipinski definition) is 3. The number of anilines is 1. The van der Waals surface area contributed by atoms with Crippen molar-refractivity contribution in [2.75, 3.05) is 18.5 Å². The molecule has 0 aliphatic heterocycles. The van der Waals surface area contributed by atoms with Gasteiger partial charge in [-0.2, -0.15) is 0 Å². The SMILES string of the molecule is C=CCN(c1ccnc(CNC)c1)C(C)C. The van der Waals surface area contributed by atoms with Crippen molar-refractivity contribution in [1.29, 1.82) is 0 Å². The van der Waals surface area contributed by atoms with Crippen LogP contribution in [0.25, 0.3) is 0 Å². The first-order chi connectivity index (χ1) is 7.69. The van der Waals surface area contributed by atoms with E-state index in [0.717, 1.165) is 18.8 Å². The smallest absolute Gasteiger partial charge is 0.0562 e. The summed E-state index contributed by atoms with van der Waals surface area (Å²) in [7, 11) is 1.93. The molecule has 0 radical (unpaired) electrons. The fraction of sp³-hybridized carbons (Fsp3) is 0.462. The Balaban J connectivity index is 2.90. The molecule has 1 aromatic rings. The molecule has 0 spiro atoms. The van der Waals surface area contributed by atoms with Crippen molar-refractivity contribution in [2.24, 2.45) is 0 Å². The van der Waals surface area contributed by atoms with Gasteiger partial charge < -0.3 is 10.2 Å². The van der Waals surface area contributed by atoms with E-state index in [0.29, 0.717) is 6.04 Å². The standard InChI is InChI=1S/C13H21N3/c1-5-8-16(11(2)3)13-6-7-15-12(9-13)10-14-4/h5-7,9,11,14H,1,8,10H2,2-4H3. The second-order valence-corrected chi connectivity index (χ2v) is 4.07. The van der Waals surface area contributed by atoms with Gasteiger partial charge in [0.15, 0.2) is 0 Å². The summed E-state index contributed by atoms with van der Waals surface area (Å²) in [5, 5.41) is 3.11. The van der Waals surface area contributed by atoms with Crippen LogP contribution in [0.15, 0.2) is 31.0 Å². The normalized spacial score (nSPS) is 10.5. The molecule has 16 heavy (non-hydrogen) atoms. The number of aromatic nitrogens is 1. The second kappa shape index (κ2) is 6.28. The third-order valence-electron chi connectivity index (χ3n) is 2.44. The molecule has 0 saturated heterocycles. The van der Waals surface area contributed by atoms with Crippen LogP contribution < -0.4 is 10.2 Å². The summed E-state index contributed by atoms with van der Waals surface area (Å²) in [6.45, 7) is 9.82. The van der Waals surface area contributed by atoms with Gasteiger partial charge in [-0.25, -0.2) is 0 Å². The summed E-state index contributed by atoms with van der Waals surface area (Å²) in [5.74, 6) is 0.